The molecule has 1 aromatic rings. The number of aliphatic hydroxyl groups is 3. The summed E-state index contributed by atoms with van der Waals surface area (Å²) in [6.07, 6.45) is -2.48. The first kappa shape index (κ1) is 19.2. The van der Waals surface area contributed by atoms with Crippen molar-refractivity contribution in [2.24, 2.45) is 5.73 Å². The van der Waals surface area contributed by atoms with Crippen molar-refractivity contribution in [2.75, 3.05) is 6.61 Å². The molecule has 26 heavy (non-hydrogen) atoms. The number of benzene rings is 1. The summed E-state index contributed by atoms with van der Waals surface area (Å²) in [5, 5.41) is 31.4. The van der Waals surface area contributed by atoms with Crippen molar-refractivity contribution in [3.63, 3.8) is 0 Å². The van der Waals surface area contributed by atoms with Crippen molar-refractivity contribution >= 4 is 34.4 Å². The van der Waals surface area contributed by atoms with Crippen LogP contribution in [0.15, 0.2) is 36.5 Å². The number of carbonyl (C=O) groups excluding carboxylic acids is 2. The van der Waals surface area contributed by atoms with Gasteiger partial charge in [0.05, 0.1) is 6.61 Å². The fourth-order valence-corrected chi connectivity index (χ4v) is 3.49. The van der Waals surface area contributed by atoms with Gasteiger partial charge in [-0.2, -0.15) is 0 Å². The number of nitrogens with two attached hydrogens (primary N) is 1. The second kappa shape index (κ2) is 7.21. The first-order chi connectivity index (χ1) is 12.3. The van der Waals surface area contributed by atoms with Crippen LogP contribution in [0.3, 0.4) is 0 Å². The van der Waals surface area contributed by atoms with Crippen LogP contribution in [-0.4, -0.2) is 68.8 Å². The van der Waals surface area contributed by atoms with Gasteiger partial charge < -0.3 is 25.4 Å². The summed E-state index contributed by atoms with van der Waals surface area (Å²) in [5.41, 5.74) is 4.69. The Morgan fingerprint density at radius 3 is 2.62 bits per heavy atom. The standard InChI is InChI=1S/C16H18IN3O6/c17-9-4-2-1-3-8(9)13(24)16(18)5-6-20(15(25)19-16)14-12(23)11(22)10(7-21)26-14/h1-6,10-12,14,21-23H,7,18H2,(H,19,25)/t10-,11-,12-,14-,16?/m1/s1. The summed E-state index contributed by atoms with van der Waals surface area (Å²) in [6, 6.07) is 6.05. The van der Waals surface area contributed by atoms with Crippen molar-refractivity contribution in [3.8, 4) is 0 Å². The van der Waals surface area contributed by atoms with E-state index in [0.717, 1.165) is 4.90 Å². The number of Topliss-reactive ketones (excluding diaryl/α,β-unsaturated/α-hetero) is 1. The molecule has 2 aliphatic heterocycles. The molecule has 1 unspecified atom stereocenters. The minimum Gasteiger partial charge on any atom is -0.394 e. The molecule has 3 rings (SSSR count). The highest BCUT2D eigenvalue weighted by Crippen LogP contribution is 2.27. The molecule has 1 saturated heterocycles. The van der Waals surface area contributed by atoms with Crippen molar-refractivity contribution in [1.29, 1.82) is 0 Å². The monoisotopic (exact) mass is 475 g/mol. The quantitative estimate of drug-likeness (QED) is 0.281. The Hall–Kier alpha value is -1.57. The third-order valence-corrected chi connectivity index (χ3v) is 5.27. The first-order valence-electron chi connectivity index (χ1n) is 7.79. The lowest BCUT2D eigenvalue weighted by molar-refractivity contribution is -0.0666. The molecule has 1 fully saturated rings. The van der Waals surface area contributed by atoms with Crippen molar-refractivity contribution in [2.45, 2.75) is 30.2 Å². The lowest BCUT2D eigenvalue weighted by atomic mass is 9.97. The Balaban J connectivity index is 1.84. The molecule has 0 spiro atoms. The maximum Gasteiger partial charge on any atom is 0.325 e. The summed E-state index contributed by atoms with van der Waals surface area (Å²) in [7, 11) is 0. The number of hydrogen-bond donors (Lipinski definition) is 5. The van der Waals surface area contributed by atoms with E-state index in [1.54, 1.807) is 24.3 Å². The van der Waals surface area contributed by atoms with Gasteiger partial charge in [-0.05, 0) is 34.7 Å². The first-order valence-corrected chi connectivity index (χ1v) is 8.87. The number of nitrogens with zero attached hydrogens (tertiary/aromatic N) is 1. The number of halogens is 1. The van der Waals surface area contributed by atoms with Crippen LogP contribution < -0.4 is 11.1 Å². The lowest BCUT2D eigenvalue weighted by Crippen LogP contribution is -2.66. The maximum absolute atomic E-state index is 12.8. The highest BCUT2D eigenvalue weighted by Gasteiger charge is 2.49. The van der Waals surface area contributed by atoms with E-state index >= 15 is 0 Å². The molecule has 2 amide bonds. The van der Waals surface area contributed by atoms with E-state index in [1.807, 2.05) is 22.6 Å². The number of carbonyl (C=O) groups is 2. The van der Waals surface area contributed by atoms with Crippen molar-refractivity contribution in [3.05, 3.63) is 45.7 Å². The molecule has 0 saturated carbocycles. The highest BCUT2D eigenvalue weighted by molar-refractivity contribution is 14.1. The average molecular weight is 475 g/mol. The third kappa shape index (κ3) is 3.23. The number of ether oxygens (including phenoxy) is 1. The SMILES string of the molecule is NC1(C(=O)c2ccccc2I)C=CN([C@@H]2O[C@H](CO)[C@@H](O)[C@H]2O)C(=O)N1. The van der Waals surface area contributed by atoms with E-state index in [1.165, 1.54) is 12.3 Å². The Kier molecular flexibility index (Phi) is 5.33. The molecule has 9 nitrogen and oxygen atoms in total. The number of nitrogens with one attached hydrogen (secondary N) is 1. The molecule has 0 aromatic heterocycles. The zero-order chi connectivity index (χ0) is 19.1. The van der Waals surface area contributed by atoms with Crippen LogP contribution in [0, 0.1) is 3.57 Å². The number of aliphatic hydroxyl groups excluding tert-OH is 3. The molecular weight excluding hydrogens is 457 g/mol. The van der Waals surface area contributed by atoms with E-state index < -0.39 is 48.6 Å². The van der Waals surface area contributed by atoms with Crippen LogP contribution in [0.1, 0.15) is 10.4 Å². The molecule has 2 heterocycles. The van der Waals surface area contributed by atoms with Gasteiger partial charge in [0, 0.05) is 15.3 Å². The predicted molar refractivity (Wildman–Crippen MR) is 97.7 cm³/mol. The zero-order valence-corrected chi connectivity index (χ0v) is 15.6. The molecule has 2 aliphatic rings. The van der Waals surface area contributed by atoms with Gasteiger partial charge in [-0.15, -0.1) is 0 Å². The number of urea groups is 1. The number of amides is 2. The van der Waals surface area contributed by atoms with Crippen LogP contribution in [0.2, 0.25) is 0 Å². The van der Waals surface area contributed by atoms with Gasteiger partial charge in [-0.25, -0.2) is 4.79 Å². The minimum absolute atomic E-state index is 0.363. The largest absolute Gasteiger partial charge is 0.394 e. The summed E-state index contributed by atoms with van der Waals surface area (Å²) in [5.74, 6) is -0.493. The van der Waals surface area contributed by atoms with E-state index in [-0.39, 0.29) is 0 Å². The second-order valence-electron chi connectivity index (χ2n) is 6.06. The van der Waals surface area contributed by atoms with E-state index in [9.17, 15) is 19.8 Å². The normalized spacial score (nSPS) is 34.0. The van der Waals surface area contributed by atoms with E-state index in [0.29, 0.717) is 9.13 Å². The van der Waals surface area contributed by atoms with Crippen molar-refractivity contribution < 1.29 is 29.6 Å². The molecule has 6 N–H and O–H groups in total. The molecule has 5 atom stereocenters. The van der Waals surface area contributed by atoms with Gasteiger partial charge in [-0.1, -0.05) is 18.2 Å². The van der Waals surface area contributed by atoms with Crippen LogP contribution in [-0.2, 0) is 4.74 Å². The molecule has 140 valence electrons. The summed E-state index contributed by atoms with van der Waals surface area (Å²) in [6.45, 7) is -0.514. The van der Waals surface area contributed by atoms with Crippen LogP contribution in [0.5, 0.6) is 0 Å². The lowest BCUT2D eigenvalue weighted by Gasteiger charge is -2.36. The molecule has 0 aliphatic carbocycles. The topological polar surface area (TPSA) is 145 Å². The average Bonchev–Trinajstić information content (AvgIpc) is 2.90. The van der Waals surface area contributed by atoms with E-state index in [4.69, 9.17) is 15.6 Å². The van der Waals surface area contributed by atoms with Gasteiger partial charge in [-0.3, -0.25) is 15.4 Å². The highest BCUT2D eigenvalue weighted by atomic mass is 127. The molecular formula is C16H18IN3O6. The second-order valence-corrected chi connectivity index (χ2v) is 7.22. The summed E-state index contributed by atoms with van der Waals surface area (Å²) < 4.78 is 6.00. The Morgan fingerprint density at radius 2 is 2.04 bits per heavy atom. The Bertz CT molecular complexity index is 759. The molecule has 0 radical (unpaired) electrons. The van der Waals surface area contributed by atoms with Crippen molar-refractivity contribution in [1.82, 2.24) is 10.2 Å². The number of hydrogen-bond acceptors (Lipinski definition) is 7. The fraction of sp³-hybridized carbons (Fsp3) is 0.375. The van der Waals surface area contributed by atoms with Gasteiger partial charge in [0.25, 0.3) is 0 Å². The fourth-order valence-electron chi connectivity index (χ4n) is 2.86. The summed E-state index contributed by atoms with van der Waals surface area (Å²) >= 11 is 2.00. The minimum atomic E-state index is -1.76. The van der Waals surface area contributed by atoms with Gasteiger partial charge in [0.1, 0.15) is 18.3 Å². The smallest absolute Gasteiger partial charge is 0.325 e. The third-order valence-electron chi connectivity index (χ3n) is 4.33. The predicted octanol–water partition coefficient (Wildman–Crippen LogP) is -0.893. The van der Waals surface area contributed by atoms with Gasteiger partial charge in [0.15, 0.2) is 11.9 Å². The molecule has 1 aromatic carbocycles. The number of rotatable bonds is 4. The Labute approximate surface area is 162 Å². The van der Waals surface area contributed by atoms with Crippen LogP contribution in [0.4, 0.5) is 4.79 Å². The summed E-state index contributed by atoms with van der Waals surface area (Å²) in [4.78, 5) is 26.2. The van der Waals surface area contributed by atoms with E-state index in [2.05, 4.69) is 5.32 Å². The van der Waals surface area contributed by atoms with Crippen LogP contribution >= 0.6 is 22.6 Å². The number of ketones is 1. The molecule has 0 bridgehead atoms. The van der Waals surface area contributed by atoms with Gasteiger partial charge >= 0.3 is 6.03 Å². The van der Waals surface area contributed by atoms with Gasteiger partial charge in [0.2, 0.25) is 5.78 Å². The van der Waals surface area contributed by atoms with Crippen LogP contribution in [0.25, 0.3) is 0 Å². The molecule has 10 heteroatoms. The zero-order valence-electron chi connectivity index (χ0n) is 13.4. The maximum atomic E-state index is 12.8. The Morgan fingerprint density at radius 1 is 1.35 bits per heavy atom.